The Morgan fingerprint density at radius 1 is 1.67 bits per heavy atom. The van der Waals surface area contributed by atoms with Crippen LogP contribution in [0.3, 0.4) is 0 Å². The van der Waals surface area contributed by atoms with E-state index in [1.54, 1.807) is 11.3 Å². The Kier molecular flexibility index (Phi) is 1.81. The average molecular weight is 244 g/mol. The van der Waals surface area contributed by atoms with Crippen LogP contribution in [0.2, 0.25) is 0 Å². The molecule has 0 N–H and O–H groups in total. The van der Waals surface area contributed by atoms with E-state index in [2.05, 4.69) is 15.9 Å². The number of carbonyl (C=O) groups excluding carboxylic acids is 1. The Morgan fingerprint density at radius 3 is 3.08 bits per heavy atom. The molecule has 2 nitrogen and oxygen atoms in total. The van der Waals surface area contributed by atoms with Gasteiger partial charge >= 0.3 is 0 Å². The topological polar surface area (TPSA) is 22.0 Å². The Hall–Kier alpha value is -0.610. The highest BCUT2D eigenvalue weighted by Gasteiger charge is 2.08. The van der Waals surface area contributed by atoms with Gasteiger partial charge in [-0.2, -0.15) is 0 Å². The van der Waals surface area contributed by atoms with Gasteiger partial charge < -0.3 is 4.57 Å². The lowest BCUT2D eigenvalue weighted by molar-refractivity contribution is 0.112. The number of thiophene rings is 1. The van der Waals surface area contributed by atoms with Crippen molar-refractivity contribution in [2.45, 2.75) is 0 Å². The highest BCUT2D eigenvalue weighted by molar-refractivity contribution is 9.11. The predicted octanol–water partition coefficient (Wildman–Crippen LogP) is 2.81. The third-order valence-electron chi connectivity index (χ3n) is 1.77. The van der Waals surface area contributed by atoms with E-state index in [1.807, 2.05) is 23.9 Å². The maximum atomic E-state index is 10.6. The summed E-state index contributed by atoms with van der Waals surface area (Å²) < 4.78 is 3.03. The second-order valence-electron chi connectivity index (χ2n) is 2.58. The van der Waals surface area contributed by atoms with Crippen molar-refractivity contribution >= 4 is 43.8 Å². The molecule has 2 aromatic rings. The van der Waals surface area contributed by atoms with Gasteiger partial charge in [-0.1, -0.05) is 0 Å². The van der Waals surface area contributed by atoms with Gasteiger partial charge in [0.05, 0.1) is 3.79 Å². The van der Waals surface area contributed by atoms with Crippen molar-refractivity contribution < 1.29 is 4.79 Å². The summed E-state index contributed by atoms with van der Waals surface area (Å²) in [6.45, 7) is 0. The van der Waals surface area contributed by atoms with Crippen molar-refractivity contribution in [1.29, 1.82) is 0 Å². The molecule has 0 aromatic carbocycles. The molecule has 0 aliphatic heterocycles. The van der Waals surface area contributed by atoms with Crippen molar-refractivity contribution in [3.63, 3.8) is 0 Å². The molecular formula is C8H6BrNOS. The second kappa shape index (κ2) is 2.71. The molecule has 4 heteroatoms. The normalized spacial score (nSPS) is 10.8. The van der Waals surface area contributed by atoms with Crippen LogP contribution in [-0.4, -0.2) is 10.9 Å². The summed E-state index contributed by atoms with van der Waals surface area (Å²) in [5.74, 6) is 0. The molecule has 0 fully saturated rings. The molecule has 0 atom stereocenters. The first-order chi connectivity index (χ1) is 5.72. The van der Waals surface area contributed by atoms with E-state index in [9.17, 15) is 4.79 Å². The van der Waals surface area contributed by atoms with Gasteiger partial charge in [0.1, 0.15) is 4.83 Å². The van der Waals surface area contributed by atoms with Crippen molar-refractivity contribution in [2.75, 3.05) is 0 Å². The smallest absolute Gasteiger partial charge is 0.152 e. The highest BCUT2D eigenvalue weighted by atomic mass is 79.9. The molecule has 2 aromatic heterocycles. The SMILES string of the molecule is Cn1cc(C=O)c2cc(Br)sc21. The summed E-state index contributed by atoms with van der Waals surface area (Å²) in [7, 11) is 1.94. The Bertz CT molecular complexity index is 443. The summed E-state index contributed by atoms with van der Waals surface area (Å²) in [6, 6.07) is 1.98. The number of rotatable bonds is 1. The maximum absolute atomic E-state index is 10.6. The van der Waals surface area contributed by atoms with Gasteiger partial charge in [-0.05, 0) is 22.0 Å². The van der Waals surface area contributed by atoms with Crippen LogP contribution in [-0.2, 0) is 7.05 Å². The summed E-state index contributed by atoms with van der Waals surface area (Å²) in [4.78, 5) is 11.7. The van der Waals surface area contributed by atoms with Crippen LogP contribution >= 0.6 is 27.3 Å². The molecule has 0 unspecified atom stereocenters. The largest absolute Gasteiger partial charge is 0.342 e. The fraction of sp³-hybridized carbons (Fsp3) is 0.125. The van der Waals surface area contributed by atoms with Gasteiger partial charge in [-0.25, -0.2) is 0 Å². The second-order valence-corrected chi connectivity index (χ2v) is 4.99. The molecule has 0 aliphatic rings. The minimum atomic E-state index is 0.759. The molecule has 2 heterocycles. The lowest BCUT2D eigenvalue weighted by atomic mass is 10.3. The summed E-state index contributed by atoms with van der Waals surface area (Å²) in [5.41, 5.74) is 0.759. The van der Waals surface area contributed by atoms with E-state index in [0.717, 1.165) is 25.9 Å². The molecule has 0 amide bonds. The minimum Gasteiger partial charge on any atom is -0.342 e. The van der Waals surface area contributed by atoms with Crippen molar-refractivity contribution in [3.05, 3.63) is 21.6 Å². The molecule has 0 saturated heterocycles. The molecule has 12 heavy (non-hydrogen) atoms. The zero-order valence-corrected chi connectivity index (χ0v) is 8.78. The van der Waals surface area contributed by atoms with Gasteiger partial charge in [-0.15, -0.1) is 11.3 Å². The molecule has 62 valence electrons. The van der Waals surface area contributed by atoms with E-state index >= 15 is 0 Å². The van der Waals surface area contributed by atoms with Crippen molar-refractivity contribution in [2.24, 2.45) is 7.05 Å². The number of carbonyl (C=O) groups is 1. The first kappa shape index (κ1) is 8.01. The monoisotopic (exact) mass is 243 g/mol. The number of nitrogens with zero attached hydrogens (tertiary/aromatic N) is 1. The van der Waals surface area contributed by atoms with Gasteiger partial charge in [0.25, 0.3) is 0 Å². The first-order valence-corrected chi connectivity index (χ1v) is 5.03. The molecule has 0 spiro atoms. The minimum absolute atomic E-state index is 0.759. The summed E-state index contributed by atoms with van der Waals surface area (Å²) >= 11 is 5.03. The van der Waals surface area contributed by atoms with Crippen LogP contribution < -0.4 is 0 Å². The fourth-order valence-electron chi connectivity index (χ4n) is 1.25. The third-order valence-corrected chi connectivity index (χ3v) is 3.50. The zero-order chi connectivity index (χ0) is 8.72. The standard InChI is InChI=1S/C8H6BrNOS/c1-10-3-5(4-11)6-2-7(9)12-8(6)10/h2-4H,1H3. The highest BCUT2D eigenvalue weighted by Crippen LogP contribution is 2.31. The first-order valence-electron chi connectivity index (χ1n) is 3.42. The molecule has 0 radical (unpaired) electrons. The van der Waals surface area contributed by atoms with Crippen LogP contribution in [0.5, 0.6) is 0 Å². The van der Waals surface area contributed by atoms with Gasteiger partial charge in [0, 0.05) is 24.2 Å². The van der Waals surface area contributed by atoms with Gasteiger partial charge in [0.2, 0.25) is 0 Å². The van der Waals surface area contributed by atoms with Gasteiger partial charge in [0.15, 0.2) is 6.29 Å². The van der Waals surface area contributed by atoms with Crippen molar-refractivity contribution in [3.8, 4) is 0 Å². The van der Waals surface area contributed by atoms with E-state index in [-0.39, 0.29) is 0 Å². The maximum Gasteiger partial charge on any atom is 0.152 e. The number of halogens is 1. The van der Waals surface area contributed by atoms with Crippen LogP contribution in [0.1, 0.15) is 10.4 Å². The Balaban J connectivity index is 2.88. The van der Waals surface area contributed by atoms with Gasteiger partial charge in [-0.3, -0.25) is 4.79 Å². The molecule has 0 aliphatic carbocycles. The lowest BCUT2D eigenvalue weighted by Crippen LogP contribution is -1.80. The number of fused-ring (bicyclic) bond motifs is 1. The summed E-state index contributed by atoms with van der Waals surface area (Å²) in [5, 5.41) is 1.03. The zero-order valence-electron chi connectivity index (χ0n) is 6.37. The molecule has 2 rings (SSSR count). The number of aldehydes is 1. The molecule has 0 saturated carbocycles. The quantitative estimate of drug-likeness (QED) is 0.707. The van der Waals surface area contributed by atoms with E-state index in [4.69, 9.17) is 0 Å². The van der Waals surface area contributed by atoms with E-state index in [0.29, 0.717) is 0 Å². The number of aryl methyl sites for hydroxylation is 1. The third kappa shape index (κ3) is 1.03. The number of hydrogen-bond donors (Lipinski definition) is 0. The number of aromatic nitrogens is 1. The molecular weight excluding hydrogens is 238 g/mol. The number of hydrogen-bond acceptors (Lipinski definition) is 2. The fourth-order valence-corrected chi connectivity index (χ4v) is 2.79. The van der Waals surface area contributed by atoms with Crippen LogP contribution in [0, 0.1) is 0 Å². The lowest BCUT2D eigenvalue weighted by Gasteiger charge is -1.86. The van der Waals surface area contributed by atoms with Crippen LogP contribution in [0.25, 0.3) is 10.2 Å². The Labute approximate surface area is 81.9 Å². The van der Waals surface area contributed by atoms with Crippen LogP contribution in [0.4, 0.5) is 0 Å². The summed E-state index contributed by atoms with van der Waals surface area (Å²) in [6.07, 6.45) is 2.74. The van der Waals surface area contributed by atoms with E-state index in [1.165, 1.54) is 0 Å². The van der Waals surface area contributed by atoms with E-state index < -0.39 is 0 Å². The van der Waals surface area contributed by atoms with Crippen LogP contribution in [0.15, 0.2) is 16.0 Å². The predicted molar refractivity (Wildman–Crippen MR) is 53.9 cm³/mol. The average Bonchev–Trinajstić information content (AvgIpc) is 2.52. The molecule has 0 bridgehead atoms. The van der Waals surface area contributed by atoms with Crippen molar-refractivity contribution in [1.82, 2.24) is 4.57 Å². The Morgan fingerprint density at radius 2 is 2.42 bits per heavy atom.